The van der Waals surface area contributed by atoms with Crippen LogP contribution in [-0.2, 0) is 26.2 Å². The second-order valence-corrected chi connectivity index (χ2v) is 3.81. The van der Waals surface area contributed by atoms with Gasteiger partial charge in [0.2, 0.25) is 0 Å². The normalized spacial score (nSPS) is 10.1. The van der Waals surface area contributed by atoms with Crippen LogP contribution in [0.1, 0.15) is 32.6 Å². The standard InChI is InChI=1S/C6H7.3C4H7O.Zr/c1-6-4-2-3-5-6;3*1-2-3-4-5;/h2,4H,3H2,1H3;3*2H,1,3-4H2;/q4*-1;+4. The summed E-state index contributed by atoms with van der Waals surface area (Å²) < 4.78 is 0. The van der Waals surface area contributed by atoms with E-state index < -0.39 is 0 Å². The van der Waals surface area contributed by atoms with Gasteiger partial charge in [-0.15, -0.1) is 46.0 Å². The summed E-state index contributed by atoms with van der Waals surface area (Å²) in [6, 6.07) is 0. The van der Waals surface area contributed by atoms with Crippen LogP contribution in [0.2, 0.25) is 0 Å². The molecule has 0 aromatic heterocycles. The molecule has 1 aliphatic carbocycles. The molecule has 0 unspecified atom stereocenters. The Hall–Kier alpha value is -0.537. The fourth-order valence-corrected chi connectivity index (χ4v) is 0.765. The van der Waals surface area contributed by atoms with Crippen molar-refractivity contribution in [2.45, 2.75) is 32.6 Å². The van der Waals surface area contributed by atoms with Crippen molar-refractivity contribution < 1.29 is 41.5 Å². The third kappa shape index (κ3) is 42.7. The van der Waals surface area contributed by atoms with Crippen molar-refractivity contribution in [3.8, 4) is 0 Å². The summed E-state index contributed by atoms with van der Waals surface area (Å²) in [6.45, 7) is 12.0. The van der Waals surface area contributed by atoms with Crippen LogP contribution in [0.5, 0.6) is 0 Å². The first-order valence-corrected chi connectivity index (χ1v) is 6.95. The van der Waals surface area contributed by atoms with Crippen LogP contribution in [0.15, 0.2) is 55.7 Å². The zero-order valence-corrected chi connectivity index (χ0v) is 16.1. The van der Waals surface area contributed by atoms with Gasteiger partial charge in [0.1, 0.15) is 0 Å². The molecule has 122 valence electrons. The van der Waals surface area contributed by atoms with Gasteiger partial charge in [0.25, 0.3) is 0 Å². The Labute approximate surface area is 155 Å². The third-order valence-corrected chi connectivity index (χ3v) is 1.83. The predicted octanol–water partition coefficient (Wildman–Crippen LogP) is 1.46. The number of hydrogen-bond acceptors (Lipinski definition) is 3. The second kappa shape index (κ2) is 32.4. The second-order valence-electron chi connectivity index (χ2n) is 3.81. The van der Waals surface area contributed by atoms with Gasteiger partial charge in [0.15, 0.2) is 0 Å². The van der Waals surface area contributed by atoms with E-state index >= 15 is 0 Å². The molecule has 0 aromatic rings. The molecule has 4 heteroatoms. The Kier molecular flexibility index (Phi) is 43.4. The monoisotopic (exact) mass is 382 g/mol. The SMILES string of the molecule is C=CCC[O-].C=CCC[O-].C=CCC[O-].CC1=[C-]CC=C1.[Zr+4]. The number of rotatable bonds is 6. The molecule has 1 rings (SSSR count). The average molecular weight is 384 g/mol. The van der Waals surface area contributed by atoms with E-state index in [0.717, 1.165) is 6.42 Å². The van der Waals surface area contributed by atoms with Crippen LogP contribution in [-0.4, -0.2) is 19.8 Å². The van der Waals surface area contributed by atoms with E-state index in [1.807, 2.05) is 0 Å². The molecule has 0 amide bonds. The molecule has 0 saturated carbocycles. The summed E-state index contributed by atoms with van der Waals surface area (Å²) in [7, 11) is 0. The fourth-order valence-electron chi connectivity index (χ4n) is 0.765. The third-order valence-electron chi connectivity index (χ3n) is 1.83. The van der Waals surface area contributed by atoms with Gasteiger partial charge in [-0.25, -0.2) is 11.6 Å². The van der Waals surface area contributed by atoms with Gasteiger partial charge in [0.05, 0.1) is 0 Å². The van der Waals surface area contributed by atoms with E-state index in [0.29, 0.717) is 19.3 Å². The van der Waals surface area contributed by atoms with Crippen LogP contribution in [0.3, 0.4) is 0 Å². The van der Waals surface area contributed by atoms with Gasteiger partial charge < -0.3 is 15.3 Å². The first kappa shape index (κ1) is 29.5. The van der Waals surface area contributed by atoms with Crippen molar-refractivity contribution in [2.75, 3.05) is 19.8 Å². The van der Waals surface area contributed by atoms with Gasteiger partial charge in [-0.2, -0.15) is 6.08 Å². The topological polar surface area (TPSA) is 69.2 Å². The summed E-state index contributed by atoms with van der Waals surface area (Å²) in [6.07, 6.45) is 15.0. The molecule has 0 aliphatic heterocycles. The molecule has 0 spiro atoms. The summed E-state index contributed by atoms with van der Waals surface area (Å²) in [5.74, 6) is 0. The van der Waals surface area contributed by atoms with Crippen LogP contribution in [0.25, 0.3) is 0 Å². The first-order valence-electron chi connectivity index (χ1n) is 6.95. The number of hydrogen-bond donors (Lipinski definition) is 0. The largest absolute Gasteiger partial charge is 4.00 e. The smallest absolute Gasteiger partial charge is 0.854 e. The Bertz CT molecular complexity index is 258. The summed E-state index contributed by atoms with van der Waals surface area (Å²) in [5, 5.41) is 28.4. The van der Waals surface area contributed by atoms with Crippen LogP contribution >= 0.6 is 0 Å². The van der Waals surface area contributed by atoms with Gasteiger partial charge in [0, 0.05) is 0 Å². The van der Waals surface area contributed by atoms with E-state index in [-0.39, 0.29) is 46.0 Å². The zero-order chi connectivity index (χ0) is 16.8. The molecule has 0 aromatic carbocycles. The van der Waals surface area contributed by atoms with E-state index in [9.17, 15) is 15.3 Å². The Balaban J connectivity index is -0.0000000973. The summed E-state index contributed by atoms with van der Waals surface area (Å²) in [5.41, 5.74) is 1.27. The Morgan fingerprint density at radius 1 is 0.955 bits per heavy atom. The van der Waals surface area contributed by atoms with Crippen molar-refractivity contribution >= 4 is 0 Å². The van der Waals surface area contributed by atoms with Gasteiger partial charge in [-0.3, -0.25) is 6.08 Å². The van der Waals surface area contributed by atoms with Crippen LogP contribution < -0.4 is 15.3 Å². The molecule has 0 saturated heterocycles. The van der Waals surface area contributed by atoms with E-state index in [4.69, 9.17) is 0 Å². The molecule has 0 atom stereocenters. The minimum Gasteiger partial charge on any atom is -0.854 e. The molecule has 22 heavy (non-hydrogen) atoms. The van der Waals surface area contributed by atoms with Gasteiger partial charge in [-0.05, 0) is 0 Å². The van der Waals surface area contributed by atoms with Crippen molar-refractivity contribution in [2.24, 2.45) is 0 Å². The molecule has 0 radical (unpaired) electrons. The Morgan fingerprint density at radius 2 is 1.32 bits per heavy atom. The Morgan fingerprint density at radius 3 is 1.36 bits per heavy atom. The average Bonchev–Trinajstić information content (AvgIpc) is 2.95. The molecule has 0 heterocycles. The van der Waals surface area contributed by atoms with Gasteiger partial charge >= 0.3 is 26.2 Å². The van der Waals surface area contributed by atoms with E-state index in [2.05, 4.69) is 44.9 Å². The maximum absolute atomic E-state index is 9.46. The van der Waals surface area contributed by atoms with Crippen LogP contribution in [0, 0.1) is 6.08 Å². The molecule has 3 nitrogen and oxygen atoms in total. The molecule has 0 N–H and O–H groups in total. The summed E-state index contributed by atoms with van der Waals surface area (Å²) in [4.78, 5) is 0. The van der Waals surface area contributed by atoms with E-state index in [1.165, 1.54) is 5.57 Å². The molecule has 0 fully saturated rings. The van der Waals surface area contributed by atoms with E-state index in [1.54, 1.807) is 18.2 Å². The molecular formula is C18H28O3Zr. The molecular weight excluding hydrogens is 355 g/mol. The molecule has 0 bridgehead atoms. The maximum atomic E-state index is 9.46. The zero-order valence-electron chi connectivity index (χ0n) is 13.7. The summed E-state index contributed by atoms with van der Waals surface area (Å²) >= 11 is 0. The van der Waals surface area contributed by atoms with Crippen molar-refractivity contribution in [1.29, 1.82) is 0 Å². The predicted molar refractivity (Wildman–Crippen MR) is 85.2 cm³/mol. The fraction of sp³-hybridized carbons (Fsp3) is 0.444. The quantitative estimate of drug-likeness (QED) is 0.515. The van der Waals surface area contributed by atoms with Crippen LogP contribution in [0.4, 0.5) is 0 Å². The molecule has 1 aliphatic rings. The first-order chi connectivity index (χ1) is 10.1. The maximum Gasteiger partial charge on any atom is 4.00 e. The number of allylic oxidation sites excluding steroid dienone is 4. The van der Waals surface area contributed by atoms with Gasteiger partial charge in [-0.1, -0.05) is 44.4 Å². The minimum atomic E-state index is -0.0243. The van der Waals surface area contributed by atoms with Crippen molar-refractivity contribution in [3.63, 3.8) is 0 Å². The van der Waals surface area contributed by atoms with Crippen molar-refractivity contribution in [3.05, 3.63) is 61.8 Å². The van der Waals surface area contributed by atoms with Crippen molar-refractivity contribution in [1.82, 2.24) is 0 Å². The minimum absolute atomic E-state index is 0.